The minimum atomic E-state index is -0.180. The third-order valence-corrected chi connectivity index (χ3v) is 6.90. The third kappa shape index (κ3) is 3.97. The topological polar surface area (TPSA) is 27.2 Å². The van der Waals surface area contributed by atoms with Crippen molar-refractivity contribution >= 4 is 23.6 Å². The minimum absolute atomic E-state index is 0.180. The molecule has 1 atom stereocenters. The maximum absolute atomic E-state index is 13.2. The average molecular weight is 416 g/mol. The van der Waals surface area contributed by atoms with E-state index >= 15 is 0 Å². The molecule has 2 saturated carbocycles. The Morgan fingerprint density at radius 3 is 2.57 bits per heavy atom. The highest BCUT2D eigenvalue weighted by molar-refractivity contribution is 7.71. The summed E-state index contributed by atoms with van der Waals surface area (Å²) in [7, 11) is 0. The number of benzene rings is 1. The maximum atomic E-state index is 13.2. The molecule has 1 aromatic carbocycles. The maximum Gasteiger partial charge on any atom is 0.203 e. The van der Waals surface area contributed by atoms with E-state index in [1.165, 1.54) is 35.5 Å². The molecular formula is C21H24FN4S2+. The molecule has 4 nitrogen and oxygen atoms in total. The van der Waals surface area contributed by atoms with Gasteiger partial charge in [0.15, 0.2) is 6.67 Å². The van der Waals surface area contributed by atoms with E-state index in [-0.39, 0.29) is 5.82 Å². The summed E-state index contributed by atoms with van der Waals surface area (Å²) in [6.07, 6.45) is 5.74. The molecule has 0 saturated heterocycles. The van der Waals surface area contributed by atoms with Crippen LogP contribution in [0.4, 0.5) is 4.39 Å². The van der Waals surface area contributed by atoms with Crippen LogP contribution >= 0.6 is 23.6 Å². The molecular weight excluding hydrogens is 391 g/mol. The van der Waals surface area contributed by atoms with Crippen LogP contribution < -0.4 is 4.90 Å². The molecule has 3 aromatic rings. The summed E-state index contributed by atoms with van der Waals surface area (Å²) >= 11 is 7.61. The molecule has 2 heterocycles. The van der Waals surface area contributed by atoms with E-state index < -0.39 is 0 Å². The van der Waals surface area contributed by atoms with E-state index in [0.717, 1.165) is 35.8 Å². The lowest BCUT2D eigenvalue weighted by atomic mass is 10.2. The molecule has 146 valence electrons. The van der Waals surface area contributed by atoms with Gasteiger partial charge in [-0.1, -0.05) is 18.2 Å². The average Bonchev–Trinajstić information content (AvgIpc) is 3.61. The van der Waals surface area contributed by atoms with Crippen LogP contribution in [0.1, 0.15) is 48.0 Å². The molecule has 1 N–H and O–H groups in total. The monoisotopic (exact) mass is 415 g/mol. The van der Waals surface area contributed by atoms with Crippen molar-refractivity contribution in [3.05, 3.63) is 68.6 Å². The summed E-state index contributed by atoms with van der Waals surface area (Å²) in [6, 6.07) is 12.3. The van der Waals surface area contributed by atoms with Gasteiger partial charge in [0.25, 0.3) is 0 Å². The van der Waals surface area contributed by atoms with Crippen LogP contribution in [0.3, 0.4) is 0 Å². The largest absolute Gasteiger partial charge is 0.310 e. The first kappa shape index (κ1) is 18.2. The van der Waals surface area contributed by atoms with E-state index in [9.17, 15) is 4.39 Å². The number of hydrogen-bond acceptors (Lipinski definition) is 3. The highest BCUT2D eigenvalue weighted by Crippen LogP contribution is 2.36. The van der Waals surface area contributed by atoms with Gasteiger partial charge >= 0.3 is 0 Å². The van der Waals surface area contributed by atoms with Crippen molar-refractivity contribution in [1.82, 2.24) is 14.3 Å². The summed E-state index contributed by atoms with van der Waals surface area (Å²) < 4.78 is 18.4. The van der Waals surface area contributed by atoms with E-state index in [4.69, 9.17) is 17.3 Å². The Morgan fingerprint density at radius 2 is 1.93 bits per heavy atom. The van der Waals surface area contributed by atoms with Gasteiger partial charge in [0.1, 0.15) is 18.2 Å². The van der Waals surface area contributed by atoms with Gasteiger partial charge in [0, 0.05) is 35.7 Å². The lowest BCUT2D eigenvalue weighted by Gasteiger charge is -2.19. The Labute approximate surface area is 173 Å². The molecule has 2 aliphatic carbocycles. The van der Waals surface area contributed by atoms with Crippen molar-refractivity contribution in [2.24, 2.45) is 0 Å². The van der Waals surface area contributed by atoms with Crippen LogP contribution in [0.25, 0.3) is 0 Å². The first-order chi connectivity index (χ1) is 13.7. The fourth-order valence-electron chi connectivity index (χ4n) is 3.83. The summed E-state index contributed by atoms with van der Waals surface area (Å²) in [4.78, 5) is 2.79. The van der Waals surface area contributed by atoms with Crippen molar-refractivity contribution in [2.75, 3.05) is 0 Å². The second kappa shape index (κ2) is 7.54. The van der Waals surface area contributed by atoms with Gasteiger partial charge in [-0.25, -0.2) is 4.39 Å². The zero-order valence-electron chi connectivity index (χ0n) is 15.7. The predicted molar refractivity (Wildman–Crippen MR) is 111 cm³/mol. The van der Waals surface area contributed by atoms with E-state index in [0.29, 0.717) is 12.1 Å². The van der Waals surface area contributed by atoms with Gasteiger partial charge < -0.3 is 9.47 Å². The van der Waals surface area contributed by atoms with Crippen molar-refractivity contribution in [1.29, 1.82) is 0 Å². The highest BCUT2D eigenvalue weighted by atomic mass is 32.1. The quantitative estimate of drug-likeness (QED) is 0.568. The summed E-state index contributed by atoms with van der Waals surface area (Å²) in [6.45, 7) is 1.65. The van der Waals surface area contributed by atoms with Gasteiger partial charge in [0.05, 0.1) is 6.04 Å². The first-order valence-electron chi connectivity index (χ1n) is 9.97. The van der Waals surface area contributed by atoms with Crippen LogP contribution in [0.15, 0.2) is 41.8 Å². The van der Waals surface area contributed by atoms with Crippen LogP contribution in [0, 0.1) is 10.6 Å². The van der Waals surface area contributed by atoms with Gasteiger partial charge in [0.2, 0.25) is 4.77 Å². The summed E-state index contributed by atoms with van der Waals surface area (Å²) in [5, 5.41) is 7.07. The molecule has 28 heavy (non-hydrogen) atoms. The van der Waals surface area contributed by atoms with Gasteiger partial charge in [-0.3, -0.25) is 0 Å². The number of hydrogen-bond donors (Lipinski definition) is 1. The smallest absolute Gasteiger partial charge is 0.203 e. The molecule has 0 radical (unpaired) electrons. The van der Waals surface area contributed by atoms with E-state index in [1.807, 2.05) is 16.8 Å². The molecule has 0 amide bonds. The second-order valence-electron chi connectivity index (χ2n) is 7.95. The molecule has 0 spiro atoms. The first-order valence-corrected chi connectivity index (χ1v) is 11.3. The van der Waals surface area contributed by atoms with Crippen molar-refractivity contribution in [2.45, 2.75) is 57.4 Å². The van der Waals surface area contributed by atoms with Crippen molar-refractivity contribution < 1.29 is 9.29 Å². The number of nitrogens with zero attached hydrogens (tertiary/aromatic N) is 3. The lowest BCUT2D eigenvalue weighted by molar-refractivity contribution is -0.947. The fraction of sp³-hybridized carbons (Fsp3) is 0.429. The van der Waals surface area contributed by atoms with Crippen molar-refractivity contribution in [3.63, 3.8) is 0 Å². The molecule has 2 aliphatic rings. The summed E-state index contributed by atoms with van der Waals surface area (Å²) in [5.74, 6) is 0.909. The fourth-order valence-corrected chi connectivity index (χ4v) is 4.90. The molecule has 2 fully saturated rings. The zero-order valence-corrected chi connectivity index (χ0v) is 17.3. The normalized spacial score (nSPS) is 17.8. The highest BCUT2D eigenvalue weighted by Gasteiger charge is 2.35. The lowest BCUT2D eigenvalue weighted by Crippen LogP contribution is -3.11. The van der Waals surface area contributed by atoms with Gasteiger partial charge in [-0.2, -0.15) is 9.78 Å². The number of halogens is 1. The summed E-state index contributed by atoms with van der Waals surface area (Å²) in [5.41, 5.74) is 1.16. The second-order valence-corrected chi connectivity index (χ2v) is 9.35. The number of rotatable bonds is 8. The van der Waals surface area contributed by atoms with Crippen LogP contribution in [-0.2, 0) is 19.6 Å². The molecule has 2 aromatic heterocycles. The van der Waals surface area contributed by atoms with Crippen molar-refractivity contribution in [3.8, 4) is 0 Å². The Bertz CT molecular complexity index is 998. The molecule has 0 aliphatic heterocycles. The minimum Gasteiger partial charge on any atom is -0.310 e. The van der Waals surface area contributed by atoms with E-state index in [2.05, 4.69) is 22.1 Å². The molecule has 0 bridgehead atoms. The van der Waals surface area contributed by atoms with E-state index in [1.54, 1.807) is 23.5 Å². The van der Waals surface area contributed by atoms with Gasteiger partial charge in [-0.15, -0.1) is 11.3 Å². The Kier molecular flexibility index (Phi) is 4.90. The standard InChI is InChI=1S/C21H23FN4S2/c22-16-5-3-15(4-6-16)13-24(17-7-8-17)14-25-21(27)26(18-9-10-18)20(23-25)12-19-2-1-11-28-19/h1-6,11,17-18H,7-10,12-14H2/p+1. The predicted octanol–water partition coefficient (Wildman–Crippen LogP) is 3.75. The SMILES string of the molecule is Fc1ccc(C[NH+](Cn2nc(Cc3cccs3)n(C3CC3)c2=S)C2CC2)cc1. The van der Waals surface area contributed by atoms with Gasteiger partial charge in [-0.05, 0) is 48.6 Å². The molecule has 5 rings (SSSR count). The number of quaternary nitrogens is 1. The number of nitrogens with one attached hydrogen (secondary N) is 1. The number of aromatic nitrogens is 3. The molecule has 7 heteroatoms. The third-order valence-electron chi connectivity index (χ3n) is 5.62. The zero-order chi connectivity index (χ0) is 19.1. The van der Waals surface area contributed by atoms with Crippen LogP contribution in [0.2, 0.25) is 0 Å². The van der Waals surface area contributed by atoms with Crippen LogP contribution in [0.5, 0.6) is 0 Å². The Hall–Kier alpha value is -1.83. The van der Waals surface area contributed by atoms with Crippen LogP contribution in [-0.4, -0.2) is 20.4 Å². The number of thiophene rings is 1. The Morgan fingerprint density at radius 1 is 1.14 bits per heavy atom. The molecule has 1 unspecified atom stereocenters. The Balaban J connectivity index is 1.40.